The molecular formula is C10H12N2O4. The third kappa shape index (κ3) is 2.06. The van der Waals surface area contributed by atoms with Crippen LogP contribution in [0.15, 0.2) is 18.3 Å². The number of hydrogen-bond acceptors (Lipinski definition) is 3. The number of rotatable bonds is 2. The van der Waals surface area contributed by atoms with Crippen LogP contribution in [0.3, 0.4) is 0 Å². The molecule has 0 aromatic carbocycles. The van der Waals surface area contributed by atoms with Gasteiger partial charge in [-0.05, 0) is 12.1 Å². The van der Waals surface area contributed by atoms with E-state index in [4.69, 9.17) is 9.84 Å². The lowest BCUT2D eigenvalue weighted by Crippen LogP contribution is -2.48. The molecule has 1 aliphatic rings. The lowest BCUT2D eigenvalue weighted by atomic mass is 10.2. The number of carbonyl (C=O) groups is 2. The highest BCUT2D eigenvalue weighted by Gasteiger charge is 2.29. The second-order valence-electron chi connectivity index (χ2n) is 3.53. The highest BCUT2D eigenvalue weighted by molar-refractivity contribution is 5.92. The van der Waals surface area contributed by atoms with E-state index in [9.17, 15) is 9.59 Å². The number of aliphatic carboxylic acids is 1. The van der Waals surface area contributed by atoms with Gasteiger partial charge in [0.05, 0.1) is 13.2 Å². The first-order valence-electron chi connectivity index (χ1n) is 4.95. The molecule has 1 amide bonds. The molecule has 1 saturated heterocycles. The summed E-state index contributed by atoms with van der Waals surface area (Å²) in [6.45, 7) is 0.762. The fraction of sp³-hybridized carbons (Fsp3) is 0.400. The van der Waals surface area contributed by atoms with Gasteiger partial charge in [-0.25, -0.2) is 4.79 Å². The number of nitrogens with zero attached hydrogens (tertiary/aromatic N) is 1. The zero-order valence-corrected chi connectivity index (χ0v) is 8.55. The van der Waals surface area contributed by atoms with E-state index in [1.807, 2.05) is 0 Å². The van der Waals surface area contributed by atoms with Crippen molar-refractivity contribution in [2.75, 3.05) is 19.7 Å². The molecule has 1 unspecified atom stereocenters. The van der Waals surface area contributed by atoms with Crippen LogP contribution in [0.5, 0.6) is 0 Å². The largest absolute Gasteiger partial charge is 0.479 e. The van der Waals surface area contributed by atoms with Crippen molar-refractivity contribution in [3.05, 3.63) is 24.0 Å². The van der Waals surface area contributed by atoms with Gasteiger partial charge in [0.1, 0.15) is 5.69 Å². The first kappa shape index (κ1) is 10.7. The van der Waals surface area contributed by atoms with Crippen molar-refractivity contribution in [2.45, 2.75) is 6.10 Å². The average molecular weight is 224 g/mol. The summed E-state index contributed by atoms with van der Waals surface area (Å²) in [5, 5.41) is 8.80. The highest BCUT2D eigenvalue weighted by Crippen LogP contribution is 2.09. The van der Waals surface area contributed by atoms with Gasteiger partial charge >= 0.3 is 5.97 Å². The molecule has 1 aromatic heterocycles. The molecule has 2 rings (SSSR count). The molecule has 0 bridgehead atoms. The normalized spacial score (nSPS) is 20.8. The van der Waals surface area contributed by atoms with Gasteiger partial charge in [0.15, 0.2) is 6.10 Å². The number of nitrogens with one attached hydrogen (secondary N) is 1. The summed E-state index contributed by atoms with van der Waals surface area (Å²) in [6.07, 6.45) is 0.732. The van der Waals surface area contributed by atoms with Crippen LogP contribution < -0.4 is 0 Å². The molecule has 86 valence electrons. The van der Waals surface area contributed by atoms with Crippen LogP contribution in [0.1, 0.15) is 10.5 Å². The Kier molecular flexibility index (Phi) is 2.91. The third-order valence-corrected chi connectivity index (χ3v) is 2.46. The third-order valence-electron chi connectivity index (χ3n) is 2.46. The molecule has 0 aliphatic carbocycles. The van der Waals surface area contributed by atoms with Crippen LogP contribution in [-0.4, -0.2) is 52.7 Å². The topological polar surface area (TPSA) is 82.6 Å². The minimum absolute atomic E-state index is 0.0905. The Bertz CT molecular complexity index is 388. The van der Waals surface area contributed by atoms with Crippen molar-refractivity contribution >= 4 is 11.9 Å². The maximum absolute atomic E-state index is 11.9. The van der Waals surface area contributed by atoms with E-state index < -0.39 is 12.1 Å². The second-order valence-corrected chi connectivity index (χ2v) is 3.53. The van der Waals surface area contributed by atoms with E-state index in [0.717, 1.165) is 0 Å². The molecule has 2 heterocycles. The first-order valence-corrected chi connectivity index (χ1v) is 4.95. The summed E-state index contributed by atoms with van der Waals surface area (Å²) in [6, 6.07) is 3.38. The molecule has 1 atom stereocenters. The Morgan fingerprint density at radius 2 is 2.38 bits per heavy atom. The number of ether oxygens (including phenoxy) is 1. The molecular weight excluding hydrogens is 212 g/mol. The Hall–Kier alpha value is -1.82. The van der Waals surface area contributed by atoms with Crippen molar-refractivity contribution in [2.24, 2.45) is 0 Å². The molecule has 6 nitrogen and oxygen atoms in total. The Labute approximate surface area is 91.8 Å². The lowest BCUT2D eigenvalue weighted by Gasteiger charge is -2.30. The van der Waals surface area contributed by atoms with Gasteiger partial charge in [0.2, 0.25) is 0 Å². The van der Waals surface area contributed by atoms with E-state index in [-0.39, 0.29) is 19.1 Å². The van der Waals surface area contributed by atoms with Crippen molar-refractivity contribution in [1.29, 1.82) is 0 Å². The van der Waals surface area contributed by atoms with Crippen molar-refractivity contribution < 1.29 is 19.4 Å². The summed E-state index contributed by atoms with van der Waals surface area (Å²) in [7, 11) is 0. The number of aromatic amines is 1. The number of aromatic nitrogens is 1. The van der Waals surface area contributed by atoms with E-state index >= 15 is 0 Å². The summed E-state index contributed by atoms with van der Waals surface area (Å²) in [5.41, 5.74) is 0.464. The van der Waals surface area contributed by atoms with Crippen LogP contribution in [0.2, 0.25) is 0 Å². The fourth-order valence-corrected chi connectivity index (χ4v) is 1.62. The lowest BCUT2D eigenvalue weighted by molar-refractivity contribution is -0.154. The zero-order chi connectivity index (χ0) is 11.5. The number of carboxylic acids is 1. The summed E-state index contributed by atoms with van der Waals surface area (Å²) in [5.74, 6) is -1.23. The van der Waals surface area contributed by atoms with E-state index in [1.54, 1.807) is 18.3 Å². The van der Waals surface area contributed by atoms with Crippen LogP contribution in [0.4, 0.5) is 0 Å². The number of amides is 1. The Balaban J connectivity index is 2.05. The Morgan fingerprint density at radius 1 is 1.56 bits per heavy atom. The molecule has 2 N–H and O–H groups in total. The van der Waals surface area contributed by atoms with Gasteiger partial charge in [-0.2, -0.15) is 0 Å². The van der Waals surface area contributed by atoms with Gasteiger partial charge in [0, 0.05) is 12.7 Å². The van der Waals surface area contributed by atoms with Gasteiger partial charge in [-0.3, -0.25) is 4.79 Å². The van der Waals surface area contributed by atoms with Crippen LogP contribution in [-0.2, 0) is 9.53 Å². The van der Waals surface area contributed by atoms with E-state index in [1.165, 1.54) is 4.90 Å². The number of morpholine rings is 1. The summed E-state index contributed by atoms with van der Waals surface area (Å²) < 4.78 is 5.03. The van der Waals surface area contributed by atoms with Crippen LogP contribution in [0.25, 0.3) is 0 Å². The SMILES string of the molecule is O=C(O)C1CN(C(=O)c2ccc[nH]2)CCO1. The van der Waals surface area contributed by atoms with Crippen LogP contribution >= 0.6 is 0 Å². The maximum atomic E-state index is 11.9. The molecule has 16 heavy (non-hydrogen) atoms. The van der Waals surface area contributed by atoms with Gasteiger partial charge in [0.25, 0.3) is 5.91 Å². The van der Waals surface area contributed by atoms with Gasteiger partial charge in [-0.15, -0.1) is 0 Å². The predicted molar refractivity (Wildman–Crippen MR) is 54.1 cm³/mol. The number of H-pyrrole nitrogens is 1. The minimum atomic E-state index is -1.04. The second kappa shape index (κ2) is 4.36. The fourth-order valence-electron chi connectivity index (χ4n) is 1.62. The summed E-state index contributed by atoms with van der Waals surface area (Å²) in [4.78, 5) is 26.9. The van der Waals surface area contributed by atoms with Crippen molar-refractivity contribution in [3.63, 3.8) is 0 Å². The molecule has 1 aliphatic heterocycles. The number of carboxylic acid groups (broad SMARTS) is 1. The Morgan fingerprint density at radius 3 is 3.00 bits per heavy atom. The molecule has 0 saturated carbocycles. The molecule has 0 radical (unpaired) electrons. The number of carbonyl (C=O) groups excluding carboxylic acids is 1. The quantitative estimate of drug-likeness (QED) is 0.737. The standard InChI is InChI=1S/C10H12N2O4/c13-9(7-2-1-3-11-7)12-4-5-16-8(6-12)10(14)15/h1-3,8,11H,4-6H2,(H,14,15). The smallest absolute Gasteiger partial charge is 0.334 e. The minimum Gasteiger partial charge on any atom is -0.479 e. The van der Waals surface area contributed by atoms with Gasteiger partial charge < -0.3 is 19.7 Å². The zero-order valence-electron chi connectivity index (χ0n) is 8.55. The molecule has 1 fully saturated rings. The molecule has 6 heteroatoms. The van der Waals surface area contributed by atoms with Crippen molar-refractivity contribution in [3.8, 4) is 0 Å². The monoisotopic (exact) mass is 224 g/mol. The average Bonchev–Trinajstić information content (AvgIpc) is 2.81. The van der Waals surface area contributed by atoms with E-state index in [0.29, 0.717) is 12.2 Å². The van der Waals surface area contributed by atoms with Crippen LogP contribution in [0, 0.1) is 0 Å². The molecule has 1 aromatic rings. The van der Waals surface area contributed by atoms with Crippen molar-refractivity contribution in [1.82, 2.24) is 9.88 Å². The highest BCUT2D eigenvalue weighted by atomic mass is 16.5. The van der Waals surface area contributed by atoms with Gasteiger partial charge in [-0.1, -0.05) is 0 Å². The molecule has 0 spiro atoms. The first-order chi connectivity index (χ1) is 7.68. The predicted octanol–water partition coefficient (Wildman–Crippen LogP) is -0.0597. The number of hydrogen-bond donors (Lipinski definition) is 2. The summed E-state index contributed by atoms with van der Waals surface area (Å²) >= 11 is 0. The maximum Gasteiger partial charge on any atom is 0.334 e. The van der Waals surface area contributed by atoms with E-state index in [2.05, 4.69) is 4.98 Å².